The van der Waals surface area contributed by atoms with Crippen LogP contribution in [0.3, 0.4) is 0 Å². The van der Waals surface area contributed by atoms with E-state index in [0.717, 1.165) is 12.0 Å². The van der Waals surface area contributed by atoms with Crippen LogP contribution in [0.2, 0.25) is 13.1 Å². The number of aliphatic hydroxyl groups excluding tert-OH is 1. The lowest BCUT2D eigenvalue weighted by Gasteiger charge is -1.92. The van der Waals surface area contributed by atoms with Gasteiger partial charge in [-0.1, -0.05) is 26.1 Å². The van der Waals surface area contributed by atoms with Crippen molar-refractivity contribution in [1.82, 2.24) is 0 Å². The molecule has 0 aliphatic carbocycles. The van der Waals surface area contributed by atoms with E-state index < -0.39 is 0 Å². The summed E-state index contributed by atoms with van der Waals surface area (Å²) >= 11 is 0. The Kier molecular flexibility index (Phi) is 14.7. The van der Waals surface area contributed by atoms with Crippen LogP contribution in [0.4, 0.5) is 0 Å². The summed E-state index contributed by atoms with van der Waals surface area (Å²) in [4.78, 5) is 0. The number of hydrogen-bond acceptors (Lipinski definition) is 1. The van der Waals surface area contributed by atoms with Gasteiger partial charge in [0.15, 0.2) is 0 Å². The standard InChI is InChI=1S/C6H12O.C2H8Si/c1-3-6(4-2)5-7;1-3-2/h3,7H,4-5H2,1-2H3;3H2,1-2H3. The summed E-state index contributed by atoms with van der Waals surface area (Å²) in [6, 6.07) is 0. The highest BCUT2D eigenvalue weighted by molar-refractivity contribution is 6.31. The molecule has 0 saturated carbocycles. The molecular formula is C8H20OSi. The molecule has 0 fully saturated rings. The average molecular weight is 160 g/mol. The predicted molar refractivity (Wildman–Crippen MR) is 51.4 cm³/mol. The van der Waals surface area contributed by atoms with Crippen LogP contribution in [-0.4, -0.2) is 21.2 Å². The lowest BCUT2D eigenvalue weighted by molar-refractivity contribution is 0.327. The second-order valence-corrected chi connectivity index (χ2v) is 3.58. The first kappa shape index (κ1) is 12.6. The highest BCUT2D eigenvalue weighted by Gasteiger charge is 1.83. The van der Waals surface area contributed by atoms with E-state index in [4.69, 9.17) is 5.11 Å². The largest absolute Gasteiger partial charge is 0.392 e. The van der Waals surface area contributed by atoms with Gasteiger partial charge in [0, 0.05) is 9.52 Å². The third kappa shape index (κ3) is 10.8. The zero-order valence-corrected chi connectivity index (χ0v) is 9.06. The van der Waals surface area contributed by atoms with Crippen molar-refractivity contribution in [3.8, 4) is 0 Å². The van der Waals surface area contributed by atoms with Crippen LogP contribution >= 0.6 is 0 Å². The van der Waals surface area contributed by atoms with E-state index in [0.29, 0.717) is 9.52 Å². The zero-order valence-electron chi connectivity index (χ0n) is 7.65. The van der Waals surface area contributed by atoms with E-state index in [1.54, 1.807) is 0 Å². The molecule has 0 aliphatic heterocycles. The lowest BCUT2D eigenvalue weighted by atomic mass is 10.2. The minimum atomic E-state index is 0.215. The van der Waals surface area contributed by atoms with E-state index >= 15 is 0 Å². The normalized spacial score (nSPS) is 10.3. The molecule has 0 heterocycles. The number of allylic oxidation sites excluding steroid dienone is 1. The van der Waals surface area contributed by atoms with Crippen LogP contribution in [0.15, 0.2) is 11.6 Å². The van der Waals surface area contributed by atoms with Gasteiger partial charge in [-0.05, 0) is 18.9 Å². The molecule has 0 spiro atoms. The second kappa shape index (κ2) is 11.7. The Labute approximate surface area is 67.0 Å². The molecule has 10 heavy (non-hydrogen) atoms. The fraction of sp³-hybridized carbons (Fsp3) is 0.750. The summed E-state index contributed by atoms with van der Waals surface area (Å²) < 4.78 is 0. The Bertz CT molecular complexity index is 73.3. The van der Waals surface area contributed by atoms with Crippen LogP contribution in [0.5, 0.6) is 0 Å². The quantitative estimate of drug-likeness (QED) is 0.480. The Hall–Kier alpha value is -0.0831. The molecule has 0 aliphatic rings. The topological polar surface area (TPSA) is 20.2 Å². The Balaban J connectivity index is 0. The van der Waals surface area contributed by atoms with Crippen LogP contribution < -0.4 is 0 Å². The monoisotopic (exact) mass is 160 g/mol. The van der Waals surface area contributed by atoms with Gasteiger partial charge < -0.3 is 5.11 Å². The van der Waals surface area contributed by atoms with Gasteiger partial charge >= 0.3 is 0 Å². The van der Waals surface area contributed by atoms with E-state index in [1.807, 2.05) is 19.9 Å². The molecule has 0 amide bonds. The van der Waals surface area contributed by atoms with Crippen LogP contribution in [-0.2, 0) is 0 Å². The van der Waals surface area contributed by atoms with Crippen molar-refractivity contribution in [2.24, 2.45) is 0 Å². The molecular weight excluding hydrogens is 140 g/mol. The summed E-state index contributed by atoms with van der Waals surface area (Å²) in [5.74, 6) is 0. The Morgan fingerprint density at radius 2 is 1.90 bits per heavy atom. The van der Waals surface area contributed by atoms with Crippen molar-refractivity contribution in [3.05, 3.63) is 11.6 Å². The van der Waals surface area contributed by atoms with Gasteiger partial charge in [0.25, 0.3) is 0 Å². The molecule has 0 saturated heterocycles. The molecule has 0 rings (SSSR count). The molecule has 1 N–H and O–H groups in total. The maximum Gasteiger partial charge on any atom is 0.0641 e. The molecule has 0 bridgehead atoms. The van der Waals surface area contributed by atoms with Crippen molar-refractivity contribution < 1.29 is 5.11 Å². The smallest absolute Gasteiger partial charge is 0.0641 e. The number of hydrogen-bond donors (Lipinski definition) is 1. The molecule has 62 valence electrons. The summed E-state index contributed by atoms with van der Waals surface area (Å²) in [6.45, 7) is 8.72. The summed E-state index contributed by atoms with van der Waals surface area (Å²) in [5, 5.41) is 8.46. The first-order chi connectivity index (χ1) is 4.76. The maximum atomic E-state index is 8.46. The fourth-order valence-corrected chi connectivity index (χ4v) is 0.407. The van der Waals surface area contributed by atoms with Crippen molar-refractivity contribution >= 4 is 9.52 Å². The summed E-state index contributed by atoms with van der Waals surface area (Å²) in [5.41, 5.74) is 1.11. The minimum absolute atomic E-state index is 0.215. The van der Waals surface area contributed by atoms with Gasteiger partial charge in [0.05, 0.1) is 6.61 Å². The maximum absolute atomic E-state index is 8.46. The van der Waals surface area contributed by atoms with Crippen molar-refractivity contribution in [2.75, 3.05) is 6.61 Å². The predicted octanol–water partition coefficient (Wildman–Crippen LogP) is 1.59. The zero-order chi connectivity index (χ0) is 8.41. The Morgan fingerprint density at radius 3 is 1.90 bits per heavy atom. The average Bonchev–Trinajstić information content (AvgIpc) is 1.93. The number of aliphatic hydroxyl groups is 1. The van der Waals surface area contributed by atoms with Crippen LogP contribution in [0, 0.1) is 0 Å². The first-order valence-electron chi connectivity index (χ1n) is 4.01. The van der Waals surface area contributed by atoms with E-state index in [1.165, 1.54) is 0 Å². The van der Waals surface area contributed by atoms with Crippen LogP contribution in [0.25, 0.3) is 0 Å². The van der Waals surface area contributed by atoms with Crippen LogP contribution in [0.1, 0.15) is 20.3 Å². The molecule has 0 atom stereocenters. The highest BCUT2D eigenvalue weighted by atomic mass is 28.2. The molecule has 2 heteroatoms. The molecule has 1 nitrogen and oxygen atoms in total. The van der Waals surface area contributed by atoms with Crippen molar-refractivity contribution in [2.45, 2.75) is 33.4 Å². The summed E-state index contributed by atoms with van der Waals surface area (Å²) in [6.07, 6.45) is 2.91. The van der Waals surface area contributed by atoms with E-state index in [-0.39, 0.29) is 6.61 Å². The van der Waals surface area contributed by atoms with Gasteiger partial charge in [0.1, 0.15) is 0 Å². The summed E-state index contributed by atoms with van der Waals surface area (Å²) in [7, 11) is 0.417. The van der Waals surface area contributed by atoms with Gasteiger partial charge in [-0.25, -0.2) is 0 Å². The molecule has 0 aromatic rings. The van der Waals surface area contributed by atoms with Gasteiger partial charge in [-0.15, -0.1) is 0 Å². The lowest BCUT2D eigenvalue weighted by Crippen LogP contribution is -1.85. The van der Waals surface area contributed by atoms with E-state index in [9.17, 15) is 0 Å². The third-order valence-electron chi connectivity index (χ3n) is 1.07. The van der Waals surface area contributed by atoms with E-state index in [2.05, 4.69) is 13.1 Å². The minimum Gasteiger partial charge on any atom is -0.392 e. The SMILES string of the molecule is CC=C(CC)CO.C[SiH2]C. The molecule has 0 aromatic carbocycles. The van der Waals surface area contributed by atoms with Gasteiger partial charge in [-0.3, -0.25) is 0 Å². The molecule has 0 radical (unpaired) electrons. The van der Waals surface area contributed by atoms with Gasteiger partial charge in [-0.2, -0.15) is 0 Å². The highest BCUT2D eigenvalue weighted by Crippen LogP contribution is 1.95. The third-order valence-corrected chi connectivity index (χ3v) is 1.07. The molecule has 0 aromatic heterocycles. The van der Waals surface area contributed by atoms with Crippen molar-refractivity contribution in [1.29, 1.82) is 0 Å². The first-order valence-corrected chi connectivity index (χ1v) is 6.84. The van der Waals surface area contributed by atoms with Gasteiger partial charge in [0.2, 0.25) is 0 Å². The van der Waals surface area contributed by atoms with Crippen molar-refractivity contribution in [3.63, 3.8) is 0 Å². The number of rotatable bonds is 2. The Morgan fingerprint density at radius 1 is 1.50 bits per heavy atom. The fourth-order valence-electron chi connectivity index (χ4n) is 0.407. The second-order valence-electron chi connectivity index (χ2n) is 2.17. The molecule has 0 unspecified atom stereocenters.